The SMILES string of the molecule is CC(C)C1c2cc(I)c(O)c(I)c2Oc2c1cc(I)c(O)c2I.CC(C)C1c2cc(I)c(O)cc2Oc2c1cc(I)c(O)c2I.CC(C)C1c2ccc(O)cc2Oc2cc(O)ccc21.COc1ccc2c(c1)Oc1cc(C)ccc1C2C1CCCC1.Oc1ccc2c(c1)Oc1cc(O)ccc1C2(O)c1ccccc1.Oc1ccc2c(c1)Oc1cc(O)ccc1C2C1CCCC1. The molecule has 0 spiro atoms. The van der Waals surface area contributed by atoms with Crippen molar-refractivity contribution >= 4 is 158 Å². The first kappa shape index (κ1) is 94.7. The molecule has 130 heavy (non-hydrogen) atoms. The van der Waals surface area contributed by atoms with E-state index in [1.54, 1.807) is 73.8 Å². The molecule has 11 N–H and O–H groups in total. The van der Waals surface area contributed by atoms with Crippen LogP contribution in [0.3, 0.4) is 0 Å². The van der Waals surface area contributed by atoms with Gasteiger partial charge >= 0.3 is 0 Å². The molecule has 672 valence electrons. The Morgan fingerprint density at radius 2 is 0.631 bits per heavy atom. The first-order valence-electron chi connectivity index (χ1n) is 42.9. The van der Waals surface area contributed by atoms with E-state index in [0.29, 0.717) is 113 Å². The number of aliphatic hydroxyl groups is 1. The summed E-state index contributed by atoms with van der Waals surface area (Å²) in [5, 5.41) is 110. The molecule has 13 aromatic carbocycles. The molecular formula is C105H95I7O18. The fourth-order valence-electron chi connectivity index (χ4n) is 19.4. The maximum atomic E-state index is 11.6. The molecule has 2 unspecified atom stereocenters. The average molecular weight is 2530 g/mol. The number of benzene rings is 13. The fraction of sp³-hybridized carbons (Fsp3) is 0.257. The maximum Gasteiger partial charge on any atom is 0.148 e. The van der Waals surface area contributed by atoms with E-state index in [1.165, 1.54) is 92.3 Å². The van der Waals surface area contributed by atoms with E-state index in [4.69, 9.17) is 33.2 Å². The van der Waals surface area contributed by atoms with Gasteiger partial charge in [0, 0.05) is 145 Å². The predicted molar refractivity (Wildman–Crippen MR) is 561 cm³/mol. The van der Waals surface area contributed by atoms with Gasteiger partial charge < -0.3 is 89.3 Å². The number of hydrogen-bond acceptors (Lipinski definition) is 18. The largest absolute Gasteiger partial charge is 0.508 e. The standard InChI is InChI=1S/C20H22O2.C19H14O4.C18H18O3.C16H12I4O3.C16H13I3O3.C16H16O3/c1-13-7-9-16-18(11-13)22-19-12-15(21-2)8-10-17(19)20(16)14-5-3-4-6-14;20-13-6-8-15-17(10-13)23-18-11-14(21)7-9-16(18)19(15,22)12-4-2-1-3-5-12;19-12-5-7-14-16(9-12)21-17-10-13(20)6-8-15(17)18(14)11-3-1-2-4-11;1-5(2)10-6-3-8(17)13(21)11(19)15(6)23-16-7(10)4-9(18)14(22)12(16)20;1-6(2)13-7-3-9(17)11(20)5-12(7)22-16-8(13)4-10(18)15(21)14(16)19;1-9(2)16-12-5-3-10(17)7-14(12)19-15-8-11(18)4-6-13(15)16/h7-12,14,20H,3-6H2,1-2H3;1-11,20-22H;5-11,18-20H,1-4H2;3-5,10,21-22H,1-2H3;3-6,13,20-21H,1-2H3;3-9,16-18H,1-2H3. The number of aryl methyl sites for hydroxylation is 1. The second-order valence-corrected chi connectivity index (χ2v) is 42.6. The second kappa shape index (κ2) is 39.6. The van der Waals surface area contributed by atoms with Crippen LogP contribution in [0.15, 0.2) is 206 Å². The Balaban J connectivity index is 0.000000114. The summed E-state index contributed by atoms with van der Waals surface area (Å²) in [5.74, 6) is 14.7. The molecule has 25 heteroatoms. The molecule has 21 rings (SSSR count). The van der Waals surface area contributed by atoms with Crippen LogP contribution in [0.2, 0.25) is 0 Å². The van der Waals surface area contributed by atoms with Gasteiger partial charge in [-0.2, -0.15) is 0 Å². The van der Waals surface area contributed by atoms with E-state index in [2.05, 4.69) is 237 Å². The zero-order valence-corrected chi connectivity index (χ0v) is 87.1. The number of rotatable bonds is 7. The highest BCUT2D eigenvalue weighted by atomic mass is 127. The predicted octanol–water partition coefficient (Wildman–Crippen LogP) is 29.7. The number of hydrogen-bond donors (Lipinski definition) is 11. The van der Waals surface area contributed by atoms with Gasteiger partial charge in [0.15, 0.2) is 0 Å². The third-order valence-corrected chi connectivity index (χ3v) is 31.6. The molecule has 2 aliphatic carbocycles. The van der Waals surface area contributed by atoms with Crippen molar-refractivity contribution in [3.05, 3.63) is 309 Å². The molecule has 8 aliphatic rings. The van der Waals surface area contributed by atoms with Gasteiger partial charge in [0.05, 0.1) is 32.1 Å². The Kier molecular flexibility index (Phi) is 28.9. The smallest absolute Gasteiger partial charge is 0.148 e. The van der Waals surface area contributed by atoms with Gasteiger partial charge in [-0.25, -0.2) is 0 Å². The van der Waals surface area contributed by atoms with Gasteiger partial charge in [-0.3, -0.25) is 0 Å². The lowest BCUT2D eigenvalue weighted by Gasteiger charge is -2.36. The summed E-state index contributed by atoms with van der Waals surface area (Å²) in [5.41, 5.74) is 13.1. The minimum Gasteiger partial charge on any atom is -0.508 e. The third-order valence-electron chi connectivity index (χ3n) is 25.3. The summed E-state index contributed by atoms with van der Waals surface area (Å²) in [6.07, 6.45) is 10.4. The molecule has 18 nitrogen and oxygen atoms in total. The van der Waals surface area contributed by atoms with Gasteiger partial charge in [-0.05, 0) is 316 Å². The normalized spacial score (nSPS) is 16.1. The Hall–Kier alpha value is -8.47. The lowest BCUT2D eigenvalue weighted by molar-refractivity contribution is 0.112. The second-order valence-electron chi connectivity index (χ2n) is 34.8. The van der Waals surface area contributed by atoms with Crippen LogP contribution in [0.5, 0.6) is 132 Å². The molecule has 0 radical (unpaired) electrons. The number of methoxy groups -OCH3 is 1. The first-order valence-corrected chi connectivity index (χ1v) is 50.5. The van der Waals surface area contributed by atoms with E-state index in [-0.39, 0.29) is 75.2 Å². The number of ether oxygens (including phenoxy) is 7. The lowest BCUT2D eigenvalue weighted by atomic mass is 9.77. The topological polar surface area (TPSA) is 287 Å². The highest BCUT2D eigenvalue weighted by molar-refractivity contribution is 14.1. The molecule has 6 aliphatic heterocycles. The van der Waals surface area contributed by atoms with Crippen molar-refractivity contribution in [3.63, 3.8) is 0 Å². The van der Waals surface area contributed by atoms with E-state index in [9.17, 15) is 56.2 Å². The van der Waals surface area contributed by atoms with E-state index < -0.39 is 5.60 Å². The van der Waals surface area contributed by atoms with Crippen molar-refractivity contribution in [2.75, 3.05) is 7.11 Å². The molecule has 6 heterocycles. The van der Waals surface area contributed by atoms with Gasteiger partial charge in [0.25, 0.3) is 0 Å². The summed E-state index contributed by atoms with van der Waals surface area (Å²) >= 11 is 15.0. The Labute approximate surface area is 850 Å². The molecule has 2 atom stereocenters. The number of phenolic OH excluding ortho intramolecular Hbond substituents is 10. The molecule has 0 amide bonds. The van der Waals surface area contributed by atoms with Crippen LogP contribution in [0.25, 0.3) is 0 Å². The molecule has 2 saturated carbocycles. The minimum atomic E-state index is -1.43. The van der Waals surface area contributed by atoms with Gasteiger partial charge in [-0.1, -0.05) is 140 Å². The van der Waals surface area contributed by atoms with Crippen LogP contribution in [0, 0.1) is 61.5 Å². The Bertz CT molecular complexity index is 6290. The molecule has 0 saturated heterocycles. The number of phenols is 10. The highest BCUT2D eigenvalue weighted by Crippen LogP contribution is 2.60. The summed E-state index contributed by atoms with van der Waals surface area (Å²) in [7, 11) is 1.71. The van der Waals surface area contributed by atoms with E-state index in [1.807, 2.05) is 84.9 Å². The fourth-order valence-corrected chi connectivity index (χ4v) is 25.4. The van der Waals surface area contributed by atoms with Crippen LogP contribution in [0.4, 0.5) is 0 Å². The summed E-state index contributed by atoms with van der Waals surface area (Å²) < 4.78 is 46.7. The van der Waals surface area contributed by atoms with Crippen molar-refractivity contribution < 1.29 is 89.3 Å². The average Bonchev–Trinajstić information content (AvgIpc) is 0.866. The molecular weight excluding hydrogens is 2440 g/mol. The summed E-state index contributed by atoms with van der Waals surface area (Å²) in [6, 6.07) is 62.3. The van der Waals surface area contributed by atoms with Crippen LogP contribution in [-0.2, 0) is 5.60 Å². The monoisotopic (exact) mass is 2530 g/mol. The Morgan fingerprint density at radius 3 is 1.04 bits per heavy atom. The number of aromatic hydroxyl groups is 10. The van der Waals surface area contributed by atoms with Gasteiger partial charge in [0.2, 0.25) is 0 Å². The number of fused-ring (bicyclic) bond motifs is 12. The molecule has 0 aromatic heterocycles. The summed E-state index contributed by atoms with van der Waals surface area (Å²) in [4.78, 5) is 0. The zero-order valence-electron chi connectivity index (χ0n) is 72.0. The van der Waals surface area contributed by atoms with Crippen molar-refractivity contribution in [1.82, 2.24) is 0 Å². The highest BCUT2D eigenvalue weighted by Gasteiger charge is 2.45. The maximum absolute atomic E-state index is 11.6. The molecule has 13 aromatic rings. The van der Waals surface area contributed by atoms with Gasteiger partial charge in [0.1, 0.15) is 138 Å². The van der Waals surface area contributed by atoms with Crippen molar-refractivity contribution in [2.45, 2.75) is 135 Å². The first-order chi connectivity index (χ1) is 62.2. The van der Waals surface area contributed by atoms with Crippen LogP contribution < -0.4 is 33.2 Å². The van der Waals surface area contributed by atoms with Gasteiger partial charge in [-0.15, -0.1) is 0 Å². The van der Waals surface area contributed by atoms with Crippen molar-refractivity contribution in [2.24, 2.45) is 29.6 Å². The lowest BCUT2D eigenvalue weighted by Crippen LogP contribution is -2.32. The van der Waals surface area contributed by atoms with Crippen LogP contribution in [0.1, 0.15) is 200 Å². The molecule has 2 fully saturated rings. The quantitative estimate of drug-likeness (QED) is 0.0661. The van der Waals surface area contributed by atoms with Crippen LogP contribution in [-0.4, -0.2) is 63.3 Å². The van der Waals surface area contributed by atoms with E-state index >= 15 is 0 Å². The van der Waals surface area contributed by atoms with Crippen molar-refractivity contribution in [3.8, 4) is 132 Å². The summed E-state index contributed by atoms with van der Waals surface area (Å²) in [6.45, 7) is 15.2. The van der Waals surface area contributed by atoms with E-state index in [0.717, 1.165) is 89.1 Å². The Morgan fingerprint density at radius 1 is 0.315 bits per heavy atom. The minimum absolute atomic E-state index is 0.0442. The third kappa shape index (κ3) is 19.0. The number of halogens is 7. The van der Waals surface area contributed by atoms with Crippen LogP contribution >= 0.6 is 158 Å². The zero-order chi connectivity index (χ0) is 92.3. The molecule has 0 bridgehead atoms. The van der Waals surface area contributed by atoms with Crippen molar-refractivity contribution in [1.29, 1.82) is 0 Å².